The predicted molar refractivity (Wildman–Crippen MR) is 73.8 cm³/mol. The molecule has 1 unspecified atom stereocenters. The van der Waals surface area contributed by atoms with Gasteiger partial charge in [-0.2, -0.15) is 0 Å². The zero-order valence-electron chi connectivity index (χ0n) is 10.8. The van der Waals surface area contributed by atoms with Gasteiger partial charge in [0.05, 0.1) is 11.4 Å². The molecule has 0 heterocycles. The first-order valence-corrected chi connectivity index (χ1v) is 5.87. The van der Waals surface area contributed by atoms with E-state index in [0.29, 0.717) is 17.8 Å². The van der Waals surface area contributed by atoms with Crippen LogP contribution < -0.4 is 16.8 Å². The van der Waals surface area contributed by atoms with Crippen molar-refractivity contribution in [1.82, 2.24) is 0 Å². The van der Waals surface area contributed by atoms with Gasteiger partial charge in [-0.05, 0) is 30.0 Å². The largest absolute Gasteiger partial charge is 0.397 e. The Morgan fingerprint density at radius 1 is 1.24 bits per heavy atom. The molecule has 0 radical (unpaired) electrons. The van der Waals surface area contributed by atoms with Crippen LogP contribution >= 0.6 is 0 Å². The second-order valence-corrected chi connectivity index (χ2v) is 5.42. The molecule has 0 saturated carbocycles. The van der Waals surface area contributed by atoms with Crippen molar-refractivity contribution < 1.29 is 5.11 Å². The number of hydrogen-bond acceptors (Lipinski definition) is 4. The van der Waals surface area contributed by atoms with Gasteiger partial charge >= 0.3 is 0 Å². The Morgan fingerprint density at radius 3 is 2.35 bits per heavy atom. The third-order valence-electron chi connectivity index (χ3n) is 2.89. The van der Waals surface area contributed by atoms with Crippen molar-refractivity contribution in [3.63, 3.8) is 0 Å². The lowest BCUT2D eigenvalue weighted by Crippen LogP contribution is -2.34. The minimum Gasteiger partial charge on any atom is -0.397 e. The second kappa shape index (κ2) is 5.27. The van der Waals surface area contributed by atoms with E-state index in [2.05, 4.69) is 26.1 Å². The summed E-state index contributed by atoms with van der Waals surface area (Å²) in [6.45, 7) is 6.59. The van der Waals surface area contributed by atoms with Crippen molar-refractivity contribution in [3.05, 3.63) is 18.2 Å². The van der Waals surface area contributed by atoms with Crippen LogP contribution in [0.25, 0.3) is 0 Å². The lowest BCUT2D eigenvalue weighted by molar-refractivity contribution is 0.235. The van der Waals surface area contributed by atoms with Gasteiger partial charge in [-0.1, -0.05) is 20.8 Å². The standard InChI is InChI=1S/C13H23N3O/c1-13(2,3)12(6-7-17)16-9-4-5-10(14)11(15)8-9/h4-5,8,12,16-17H,6-7,14-15H2,1-3H3. The van der Waals surface area contributed by atoms with Crippen molar-refractivity contribution in [2.75, 3.05) is 23.4 Å². The Balaban J connectivity index is 2.82. The topological polar surface area (TPSA) is 84.3 Å². The second-order valence-electron chi connectivity index (χ2n) is 5.42. The van der Waals surface area contributed by atoms with Crippen molar-refractivity contribution in [2.24, 2.45) is 5.41 Å². The molecule has 0 aliphatic carbocycles. The van der Waals surface area contributed by atoms with Gasteiger partial charge in [0, 0.05) is 18.3 Å². The van der Waals surface area contributed by atoms with Crippen molar-refractivity contribution in [3.8, 4) is 0 Å². The number of aliphatic hydroxyl groups excluding tert-OH is 1. The Hall–Kier alpha value is -1.42. The lowest BCUT2D eigenvalue weighted by atomic mass is 9.85. The molecule has 6 N–H and O–H groups in total. The molecule has 17 heavy (non-hydrogen) atoms. The summed E-state index contributed by atoms with van der Waals surface area (Å²) in [6, 6.07) is 5.71. The molecule has 1 atom stereocenters. The van der Waals surface area contributed by atoms with Crippen LogP contribution in [0, 0.1) is 5.41 Å². The Morgan fingerprint density at radius 2 is 1.88 bits per heavy atom. The van der Waals surface area contributed by atoms with Gasteiger partial charge in [0.2, 0.25) is 0 Å². The zero-order chi connectivity index (χ0) is 13.1. The summed E-state index contributed by atoms with van der Waals surface area (Å²) in [7, 11) is 0. The van der Waals surface area contributed by atoms with E-state index in [1.165, 1.54) is 0 Å². The van der Waals surface area contributed by atoms with E-state index in [4.69, 9.17) is 16.6 Å². The van der Waals surface area contributed by atoms with Crippen molar-refractivity contribution in [1.29, 1.82) is 0 Å². The number of nitrogen functional groups attached to an aromatic ring is 2. The fourth-order valence-corrected chi connectivity index (χ4v) is 1.72. The van der Waals surface area contributed by atoms with Gasteiger partial charge in [0.15, 0.2) is 0 Å². The summed E-state index contributed by atoms with van der Waals surface area (Å²) in [5.74, 6) is 0. The minimum absolute atomic E-state index is 0.0683. The maximum atomic E-state index is 9.09. The normalized spacial score (nSPS) is 13.4. The van der Waals surface area contributed by atoms with E-state index >= 15 is 0 Å². The molecule has 4 heteroatoms. The number of benzene rings is 1. The molecule has 1 aromatic carbocycles. The van der Waals surface area contributed by atoms with Crippen LogP contribution in [0.2, 0.25) is 0 Å². The fraction of sp³-hybridized carbons (Fsp3) is 0.538. The third kappa shape index (κ3) is 3.82. The van der Waals surface area contributed by atoms with Gasteiger partial charge in [0.25, 0.3) is 0 Å². The molecule has 0 aliphatic rings. The maximum Gasteiger partial charge on any atom is 0.0568 e. The van der Waals surface area contributed by atoms with E-state index in [-0.39, 0.29) is 18.1 Å². The van der Waals surface area contributed by atoms with E-state index < -0.39 is 0 Å². The van der Waals surface area contributed by atoms with Crippen LogP contribution in [0.3, 0.4) is 0 Å². The molecule has 0 spiro atoms. The number of nitrogens with two attached hydrogens (primary N) is 2. The zero-order valence-corrected chi connectivity index (χ0v) is 10.8. The smallest absolute Gasteiger partial charge is 0.0568 e. The third-order valence-corrected chi connectivity index (χ3v) is 2.89. The highest BCUT2D eigenvalue weighted by Crippen LogP contribution is 2.27. The van der Waals surface area contributed by atoms with Crippen LogP contribution in [0.1, 0.15) is 27.2 Å². The van der Waals surface area contributed by atoms with Gasteiger partial charge in [-0.25, -0.2) is 0 Å². The van der Waals surface area contributed by atoms with Gasteiger partial charge in [-0.15, -0.1) is 0 Å². The Labute approximate surface area is 103 Å². The number of hydrogen-bond donors (Lipinski definition) is 4. The van der Waals surface area contributed by atoms with Crippen LogP contribution in [-0.2, 0) is 0 Å². The van der Waals surface area contributed by atoms with Gasteiger partial charge < -0.3 is 21.9 Å². The number of rotatable bonds is 4. The fourth-order valence-electron chi connectivity index (χ4n) is 1.72. The Kier molecular flexibility index (Phi) is 4.23. The van der Waals surface area contributed by atoms with Crippen LogP contribution in [-0.4, -0.2) is 17.8 Å². The molecule has 96 valence electrons. The molecule has 0 bridgehead atoms. The highest BCUT2D eigenvalue weighted by molar-refractivity contribution is 5.69. The summed E-state index contributed by atoms with van der Waals surface area (Å²) in [4.78, 5) is 0. The molecule has 0 saturated heterocycles. The van der Waals surface area contributed by atoms with Gasteiger partial charge in [-0.3, -0.25) is 0 Å². The summed E-state index contributed by atoms with van der Waals surface area (Å²) < 4.78 is 0. The van der Waals surface area contributed by atoms with Crippen molar-refractivity contribution in [2.45, 2.75) is 33.2 Å². The average molecular weight is 237 g/mol. The highest BCUT2D eigenvalue weighted by atomic mass is 16.3. The summed E-state index contributed by atoms with van der Waals surface area (Å²) >= 11 is 0. The summed E-state index contributed by atoms with van der Waals surface area (Å²) in [6.07, 6.45) is 0.702. The first-order valence-electron chi connectivity index (χ1n) is 5.87. The average Bonchev–Trinajstić information content (AvgIpc) is 2.21. The molecule has 0 aromatic heterocycles. The van der Waals surface area contributed by atoms with Crippen LogP contribution in [0.15, 0.2) is 18.2 Å². The quantitative estimate of drug-likeness (QED) is 0.604. The number of anilines is 3. The molecule has 4 nitrogen and oxygen atoms in total. The molecule has 0 amide bonds. The number of aliphatic hydroxyl groups is 1. The van der Waals surface area contributed by atoms with Crippen molar-refractivity contribution >= 4 is 17.1 Å². The summed E-state index contributed by atoms with van der Waals surface area (Å²) in [5, 5.41) is 12.5. The first-order chi connectivity index (χ1) is 7.84. The lowest BCUT2D eigenvalue weighted by Gasteiger charge is -2.32. The monoisotopic (exact) mass is 237 g/mol. The molecule has 0 aliphatic heterocycles. The van der Waals surface area contributed by atoms with E-state index in [1.54, 1.807) is 6.07 Å². The molecule has 1 rings (SSSR count). The molecular formula is C13H23N3O. The van der Waals surface area contributed by atoms with E-state index in [9.17, 15) is 0 Å². The molecule has 1 aromatic rings. The SMILES string of the molecule is CC(C)(C)C(CCO)Nc1ccc(N)c(N)c1. The molecular weight excluding hydrogens is 214 g/mol. The Bertz CT molecular complexity index is 371. The predicted octanol–water partition coefficient (Wildman–Crippen LogP) is 2.06. The van der Waals surface area contributed by atoms with Crippen LogP contribution in [0.4, 0.5) is 17.1 Å². The van der Waals surface area contributed by atoms with E-state index in [1.807, 2.05) is 12.1 Å². The van der Waals surface area contributed by atoms with E-state index in [0.717, 1.165) is 5.69 Å². The highest BCUT2D eigenvalue weighted by Gasteiger charge is 2.23. The minimum atomic E-state index is 0.0683. The number of nitrogens with one attached hydrogen (secondary N) is 1. The van der Waals surface area contributed by atoms with Crippen LogP contribution in [0.5, 0.6) is 0 Å². The first kappa shape index (κ1) is 13.6. The maximum absolute atomic E-state index is 9.09. The molecule has 0 fully saturated rings. The van der Waals surface area contributed by atoms with Gasteiger partial charge in [0.1, 0.15) is 0 Å². The summed E-state index contributed by atoms with van der Waals surface area (Å²) in [5.41, 5.74) is 13.6.